The van der Waals surface area contributed by atoms with Crippen LogP contribution < -0.4 is 4.74 Å². The zero-order chi connectivity index (χ0) is 22.7. The van der Waals surface area contributed by atoms with Gasteiger partial charge in [-0.2, -0.15) is 5.26 Å². The number of rotatable bonds is 6. The van der Waals surface area contributed by atoms with Gasteiger partial charge >= 0.3 is 0 Å². The molecule has 0 aliphatic heterocycles. The lowest BCUT2D eigenvalue weighted by Gasteiger charge is -2.09. The number of allylic oxidation sites excluding steroid dienone is 1. The Labute approximate surface area is 197 Å². The Morgan fingerprint density at radius 2 is 2.09 bits per heavy atom. The molecular formula is C24H17IN4O3. The minimum Gasteiger partial charge on any atom is -0.488 e. The number of H-pyrrole nitrogens is 1. The Morgan fingerprint density at radius 1 is 1.25 bits per heavy atom. The van der Waals surface area contributed by atoms with Crippen LogP contribution in [0.3, 0.4) is 0 Å². The molecule has 3 aromatic carbocycles. The van der Waals surface area contributed by atoms with E-state index in [1.165, 1.54) is 12.1 Å². The van der Waals surface area contributed by atoms with E-state index in [4.69, 9.17) is 4.74 Å². The first-order valence-electron chi connectivity index (χ1n) is 9.67. The number of nitriles is 1. The van der Waals surface area contributed by atoms with Crippen molar-refractivity contribution in [2.24, 2.45) is 0 Å². The van der Waals surface area contributed by atoms with Crippen LogP contribution in [0.4, 0.5) is 5.69 Å². The monoisotopic (exact) mass is 536 g/mol. The van der Waals surface area contributed by atoms with Gasteiger partial charge in [-0.25, -0.2) is 4.98 Å². The second-order valence-electron chi connectivity index (χ2n) is 7.18. The third-order valence-electron chi connectivity index (χ3n) is 4.80. The van der Waals surface area contributed by atoms with Gasteiger partial charge in [-0.1, -0.05) is 24.3 Å². The summed E-state index contributed by atoms with van der Waals surface area (Å²) >= 11 is 2.17. The standard InChI is InChI=1S/C24H17IN4O3/c1-15-5-7-21-22(9-15)28-24(27-21)18(13-26)10-16-6-8-23(20(25)12-16)32-14-17-3-2-4-19(11-17)29(30)31/h2-12H,14H2,1H3,(H,27,28)/b18-10-. The number of aromatic amines is 1. The summed E-state index contributed by atoms with van der Waals surface area (Å²) in [5.41, 5.74) is 4.83. The maximum atomic E-state index is 10.9. The first kappa shape index (κ1) is 21.5. The van der Waals surface area contributed by atoms with Crippen molar-refractivity contribution in [3.05, 3.63) is 96.9 Å². The number of imidazole rings is 1. The number of nitrogens with zero attached hydrogens (tertiary/aromatic N) is 3. The molecule has 4 aromatic rings. The van der Waals surface area contributed by atoms with E-state index in [0.717, 1.165) is 25.7 Å². The molecule has 0 spiro atoms. The van der Waals surface area contributed by atoms with E-state index in [0.29, 0.717) is 22.7 Å². The molecule has 0 saturated carbocycles. The molecule has 0 unspecified atom stereocenters. The average Bonchev–Trinajstić information content (AvgIpc) is 3.20. The molecule has 158 valence electrons. The molecule has 7 nitrogen and oxygen atoms in total. The molecule has 8 heteroatoms. The molecular weight excluding hydrogens is 519 g/mol. The van der Waals surface area contributed by atoms with E-state index in [9.17, 15) is 15.4 Å². The Kier molecular flexibility index (Phi) is 6.18. The molecule has 0 amide bonds. The predicted molar refractivity (Wildman–Crippen MR) is 131 cm³/mol. The van der Waals surface area contributed by atoms with Gasteiger partial charge in [0.05, 0.1) is 25.1 Å². The quantitative estimate of drug-likeness (QED) is 0.140. The van der Waals surface area contributed by atoms with Gasteiger partial charge in [0.1, 0.15) is 24.3 Å². The van der Waals surface area contributed by atoms with Crippen LogP contribution in [-0.2, 0) is 6.61 Å². The highest BCUT2D eigenvalue weighted by Crippen LogP contribution is 2.26. The van der Waals surface area contributed by atoms with Gasteiger partial charge in [-0.05, 0) is 76.5 Å². The Bertz CT molecular complexity index is 1400. The molecule has 0 bridgehead atoms. The van der Waals surface area contributed by atoms with Crippen LogP contribution in [0.25, 0.3) is 22.7 Å². The molecule has 0 atom stereocenters. The van der Waals surface area contributed by atoms with Crippen molar-refractivity contribution in [2.45, 2.75) is 13.5 Å². The van der Waals surface area contributed by atoms with E-state index >= 15 is 0 Å². The van der Waals surface area contributed by atoms with E-state index in [2.05, 4.69) is 38.6 Å². The van der Waals surface area contributed by atoms with Crippen molar-refractivity contribution >= 4 is 51.0 Å². The third kappa shape index (κ3) is 4.78. The number of aromatic nitrogens is 2. The topological polar surface area (TPSA) is 105 Å². The highest BCUT2D eigenvalue weighted by Gasteiger charge is 2.10. The van der Waals surface area contributed by atoms with Crippen LogP contribution in [0.2, 0.25) is 0 Å². The van der Waals surface area contributed by atoms with E-state index < -0.39 is 4.92 Å². The Balaban J connectivity index is 1.54. The second kappa shape index (κ2) is 9.20. The van der Waals surface area contributed by atoms with E-state index in [-0.39, 0.29) is 12.3 Å². The number of nitro benzene ring substituents is 1. The lowest BCUT2D eigenvalue weighted by molar-refractivity contribution is -0.384. The fourth-order valence-electron chi connectivity index (χ4n) is 3.22. The minimum absolute atomic E-state index is 0.0334. The molecule has 0 saturated heterocycles. The molecule has 0 aliphatic rings. The van der Waals surface area contributed by atoms with Crippen molar-refractivity contribution in [1.29, 1.82) is 5.26 Å². The van der Waals surface area contributed by atoms with Crippen molar-refractivity contribution in [2.75, 3.05) is 0 Å². The van der Waals surface area contributed by atoms with Gasteiger partial charge in [0, 0.05) is 12.1 Å². The number of nitro groups is 1. The minimum atomic E-state index is -0.426. The number of fused-ring (bicyclic) bond motifs is 1. The number of hydrogen-bond acceptors (Lipinski definition) is 5. The van der Waals surface area contributed by atoms with Crippen molar-refractivity contribution in [3.63, 3.8) is 0 Å². The summed E-state index contributed by atoms with van der Waals surface area (Å²) in [6.07, 6.45) is 1.77. The number of nitrogens with one attached hydrogen (secondary N) is 1. The molecule has 32 heavy (non-hydrogen) atoms. The van der Waals surface area contributed by atoms with Crippen molar-refractivity contribution in [1.82, 2.24) is 9.97 Å². The summed E-state index contributed by atoms with van der Waals surface area (Å²) in [6, 6.07) is 20.1. The number of hydrogen-bond donors (Lipinski definition) is 1. The summed E-state index contributed by atoms with van der Waals surface area (Å²) in [5.74, 6) is 1.18. The molecule has 1 aromatic heterocycles. The maximum Gasteiger partial charge on any atom is 0.269 e. The molecule has 1 heterocycles. The maximum absolute atomic E-state index is 10.9. The molecule has 0 radical (unpaired) electrons. The summed E-state index contributed by atoms with van der Waals surface area (Å²) < 4.78 is 6.71. The van der Waals surface area contributed by atoms with Crippen LogP contribution in [0.15, 0.2) is 60.7 Å². The molecule has 4 rings (SSSR count). The average molecular weight is 536 g/mol. The highest BCUT2D eigenvalue weighted by molar-refractivity contribution is 14.1. The summed E-state index contributed by atoms with van der Waals surface area (Å²) in [6.45, 7) is 2.22. The van der Waals surface area contributed by atoms with Crippen LogP contribution >= 0.6 is 22.6 Å². The van der Waals surface area contributed by atoms with Crippen LogP contribution in [0.1, 0.15) is 22.5 Å². The van der Waals surface area contributed by atoms with Gasteiger partial charge < -0.3 is 9.72 Å². The number of benzene rings is 3. The Hall–Kier alpha value is -3.71. The lowest BCUT2D eigenvalue weighted by atomic mass is 10.1. The van der Waals surface area contributed by atoms with Gasteiger partial charge in [-0.15, -0.1) is 0 Å². The molecule has 0 fully saturated rings. The van der Waals surface area contributed by atoms with Crippen LogP contribution in [-0.4, -0.2) is 14.9 Å². The molecule has 1 N–H and O–H groups in total. The fourth-order valence-corrected chi connectivity index (χ4v) is 3.91. The third-order valence-corrected chi connectivity index (χ3v) is 5.64. The number of non-ortho nitro benzene ring substituents is 1. The van der Waals surface area contributed by atoms with Crippen LogP contribution in [0.5, 0.6) is 5.75 Å². The van der Waals surface area contributed by atoms with Gasteiger partial charge in [0.25, 0.3) is 5.69 Å². The first-order chi connectivity index (χ1) is 15.4. The lowest BCUT2D eigenvalue weighted by Crippen LogP contribution is -1.98. The molecule has 0 aliphatic carbocycles. The van der Waals surface area contributed by atoms with Crippen molar-refractivity contribution in [3.8, 4) is 11.8 Å². The van der Waals surface area contributed by atoms with E-state index in [1.54, 1.807) is 18.2 Å². The summed E-state index contributed by atoms with van der Waals surface area (Å²) in [4.78, 5) is 18.2. The largest absolute Gasteiger partial charge is 0.488 e. The fraction of sp³-hybridized carbons (Fsp3) is 0.0833. The normalized spacial score (nSPS) is 11.3. The van der Waals surface area contributed by atoms with Crippen molar-refractivity contribution < 1.29 is 9.66 Å². The Morgan fingerprint density at radius 3 is 2.84 bits per heavy atom. The number of halogens is 1. The SMILES string of the molecule is Cc1ccc2nc(/C(C#N)=C\c3ccc(OCc4cccc([N+](=O)[O-])c4)c(I)c3)[nH]c2c1. The summed E-state index contributed by atoms with van der Waals surface area (Å²) in [5, 5.41) is 20.6. The zero-order valence-electron chi connectivity index (χ0n) is 17.0. The zero-order valence-corrected chi connectivity index (χ0v) is 19.2. The van der Waals surface area contributed by atoms with Gasteiger partial charge in [-0.3, -0.25) is 10.1 Å². The number of ether oxygens (including phenoxy) is 1. The highest BCUT2D eigenvalue weighted by atomic mass is 127. The first-order valence-corrected chi connectivity index (χ1v) is 10.7. The predicted octanol–water partition coefficient (Wildman–Crippen LogP) is 6.03. The summed E-state index contributed by atoms with van der Waals surface area (Å²) in [7, 11) is 0. The van der Waals surface area contributed by atoms with Gasteiger partial charge in [0.2, 0.25) is 0 Å². The van der Waals surface area contributed by atoms with Crippen LogP contribution in [0, 0.1) is 31.9 Å². The smallest absolute Gasteiger partial charge is 0.269 e. The van der Waals surface area contributed by atoms with Gasteiger partial charge in [0.15, 0.2) is 0 Å². The second-order valence-corrected chi connectivity index (χ2v) is 8.34. The number of aryl methyl sites for hydroxylation is 1. The van der Waals surface area contributed by atoms with E-state index in [1.807, 2.05) is 43.3 Å².